The summed E-state index contributed by atoms with van der Waals surface area (Å²) in [7, 11) is 0. The molecule has 0 atom stereocenters. The zero-order valence-corrected chi connectivity index (χ0v) is 12.8. The standard InChI is InChI=1S/C14H17N3O3S/c1-14(2,3)20-12(19)15-17-11(18)9-16(13(17)21)10-7-5-4-6-8-10/h4-9,18H,1-3H3,(H,15,19). The van der Waals surface area contributed by atoms with Crippen molar-refractivity contribution in [2.75, 3.05) is 5.43 Å². The second-order valence-corrected chi connectivity index (χ2v) is 5.79. The van der Waals surface area contributed by atoms with Gasteiger partial charge in [0.1, 0.15) is 5.60 Å². The third kappa shape index (κ3) is 3.63. The van der Waals surface area contributed by atoms with Crippen molar-refractivity contribution in [2.24, 2.45) is 0 Å². The molecule has 0 saturated heterocycles. The summed E-state index contributed by atoms with van der Waals surface area (Å²) in [5, 5.41) is 9.93. The van der Waals surface area contributed by atoms with Crippen molar-refractivity contribution in [1.82, 2.24) is 9.24 Å². The second kappa shape index (κ2) is 5.61. The molecule has 21 heavy (non-hydrogen) atoms. The van der Waals surface area contributed by atoms with Gasteiger partial charge >= 0.3 is 6.09 Å². The lowest BCUT2D eigenvalue weighted by Crippen LogP contribution is -2.31. The van der Waals surface area contributed by atoms with Crippen molar-refractivity contribution in [3.63, 3.8) is 0 Å². The summed E-state index contributed by atoms with van der Waals surface area (Å²) in [6, 6.07) is 9.27. The van der Waals surface area contributed by atoms with E-state index in [1.807, 2.05) is 30.3 Å². The normalized spacial score (nSPS) is 11.2. The SMILES string of the molecule is CC(C)(C)OC(=O)Nn1c(O)cn(-c2ccccc2)c1=S. The number of nitrogens with one attached hydrogen (secondary N) is 1. The van der Waals surface area contributed by atoms with Crippen molar-refractivity contribution < 1.29 is 14.6 Å². The molecule has 0 radical (unpaired) electrons. The van der Waals surface area contributed by atoms with Gasteiger partial charge in [-0.1, -0.05) is 18.2 Å². The number of hydrogen-bond acceptors (Lipinski definition) is 4. The highest BCUT2D eigenvalue weighted by atomic mass is 32.1. The minimum Gasteiger partial charge on any atom is -0.492 e. The molecule has 0 saturated carbocycles. The number of imidazole rings is 1. The predicted molar refractivity (Wildman–Crippen MR) is 81.9 cm³/mol. The Balaban J connectivity index is 2.29. The van der Waals surface area contributed by atoms with Crippen molar-refractivity contribution in [3.05, 3.63) is 41.3 Å². The molecule has 0 fully saturated rings. The minimum atomic E-state index is -0.695. The first kappa shape index (κ1) is 15.1. The summed E-state index contributed by atoms with van der Waals surface area (Å²) in [5.74, 6) is -0.185. The van der Waals surface area contributed by atoms with E-state index in [4.69, 9.17) is 17.0 Å². The maximum atomic E-state index is 11.8. The Morgan fingerprint density at radius 2 is 1.90 bits per heavy atom. The third-order valence-corrected chi connectivity index (χ3v) is 2.89. The van der Waals surface area contributed by atoms with Crippen LogP contribution in [0.4, 0.5) is 4.79 Å². The van der Waals surface area contributed by atoms with E-state index in [0.29, 0.717) is 0 Å². The van der Waals surface area contributed by atoms with Crippen LogP contribution in [0.5, 0.6) is 5.88 Å². The van der Waals surface area contributed by atoms with E-state index in [1.165, 1.54) is 6.20 Å². The Hall–Kier alpha value is -2.28. The minimum absolute atomic E-state index is 0.185. The molecule has 2 aromatic rings. The quantitative estimate of drug-likeness (QED) is 0.836. The lowest BCUT2D eigenvalue weighted by atomic mass is 10.2. The van der Waals surface area contributed by atoms with Gasteiger partial charge in [-0.3, -0.25) is 4.57 Å². The number of amides is 1. The molecule has 2 rings (SSSR count). The summed E-state index contributed by atoms with van der Waals surface area (Å²) < 4.78 is 8.03. The molecule has 0 aliphatic heterocycles. The number of rotatable bonds is 2. The molecule has 0 aliphatic rings. The van der Waals surface area contributed by atoms with E-state index < -0.39 is 11.7 Å². The predicted octanol–water partition coefficient (Wildman–Crippen LogP) is 3.19. The molecule has 0 bridgehead atoms. The number of ether oxygens (including phenoxy) is 1. The van der Waals surface area contributed by atoms with Crippen molar-refractivity contribution in [2.45, 2.75) is 26.4 Å². The van der Waals surface area contributed by atoms with Crippen LogP contribution in [0.1, 0.15) is 20.8 Å². The highest BCUT2D eigenvalue weighted by Gasteiger charge is 2.18. The van der Waals surface area contributed by atoms with E-state index in [-0.39, 0.29) is 10.7 Å². The van der Waals surface area contributed by atoms with E-state index >= 15 is 0 Å². The molecule has 0 aliphatic carbocycles. The maximum Gasteiger partial charge on any atom is 0.427 e. The van der Waals surface area contributed by atoms with Gasteiger partial charge in [-0.2, -0.15) is 4.68 Å². The lowest BCUT2D eigenvalue weighted by Gasteiger charge is -2.19. The average Bonchev–Trinajstić information content (AvgIpc) is 2.66. The van der Waals surface area contributed by atoms with Gasteiger partial charge in [-0.25, -0.2) is 10.2 Å². The van der Waals surface area contributed by atoms with Crippen molar-refractivity contribution in [1.29, 1.82) is 0 Å². The van der Waals surface area contributed by atoms with Gasteiger partial charge < -0.3 is 9.84 Å². The molecule has 6 nitrogen and oxygen atoms in total. The lowest BCUT2D eigenvalue weighted by molar-refractivity contribution is 0.0610. The summed E-state index contributed by atoms with van der Waals surface area (Å²) in [6.07, 6.45) is 0.731. The van der Waals surface area contributed by atoms with Gasteiger partial charge in [0, 0.05) is 5.69 Å². The number of carbonyl (C=O) groups is 1. The fourth-order valence-corrected chi connectivity index (χ4v) is 2.00. The number of aromatic hydroxyl groups is 1. The summed E-state index contributed by atoms with van der Waals surface area (Å²) in [4.78, 5) is 11.8. The fourth-order valence-electron chi connectivity index (χ4n) is 1.71. The van der Waals surface area contributed by atoms with Gasteiger partial charge in [0.2, 0.25) is 10.7 Å². The largest absolute Gasteiger partial charge is 0.492 e. The first-order valence-corrected chi connectivity index (χ1v) is 6.77. The molecule has 7 heteroatoms. The second-order valence-electron chi connectivity index (χ2n) is 5.42. The zero-order chi connectivity index (χ0) is 15.6. The highest BCUT2D eigenvalue weighted by Crippen LogP contribution is 2.17. The molecular weight excluding hydrogens is 290 g/mol. The number of para-hydroxylation sites is 1. The van der Waals surface area contributed by atoms with Crippen LogP contribution in [0.3, 0.4) is 0 Å². The monoisotopic (exact) mass is 307 g/mol. The van der Waals surface area contributed by atoms with Crippen molar-refractivity contribution in [3.8, 4) is 11.6 Å². The van der Waals surface area contributed by atoms with Crippen LogP contribution in [0.25, 0.3) is 5.69 Å². The molecule has 1 heterocycles. The van der Waals surface area contributed by atoms with E-state index in [2.05, 4.69) is 5.43 Å². The Morgan fingerprint density at radius 3 is 2.48 bits per heavy atom. The number of hydrogen-bond donors (Lipinski definition) is 2. The number of benzene rings is 1. The summed E-state index contributed by atoms with van der Waals surface area (Å²) in [5.41, 5.74) is 2.55. The highest BCUT2D eigenvalue weighted by molar-refractivity contribution is 7.71. The summed E-state index contributed by atoms with van der Waals surface area (Å²) >= 11 is 5.25. The molecule has 112 valence electrons. The molecule has 2 N–H and O–H groups in total. The summed E-state index contributed by atoms with van der Waals surface area (Å²) in [6.45, 7) is 5.25. The van der Waals surface area contributed by atoms with E-state index in [1.54, 1.807) is 25.3 Å². The molecule has 1 aromatic heterocycles. The Bertz CT molecular complexity index is 698. The molecule has 1 aromatic carbocycles. The topological polar surface area (TPSA) is 68.4 Å². The van der Waals surface area contributed by atoms with Gasteiger partial charge in [0.05, 0.1) is 6.20 Å². The van der Waals surface area contributed by atoms with Crippen LogP contribution in [-0.2, 0) is 4.74 Å². The van der Waals surface area contributed by atoms with Crippen molar-refractivity contribution >= 4 is 18.3 Å². The number of aromatic nitrogens is 2. The van der Waals surface area contributed by atoms with Crippen LogP contribution in [-0.4, -0.2) is 26.0 Å². The maximum absolute atomic E-state index is 11.8. The Labute approximate surface area is 127 Å². The van der Waals surface area contributed by atoms with Crippen LogP contribution >= 0.6 is 12.2 Å². The van der Waals surface area contributed by atoms with E-state index in [0.717, 1.165) is 10.4 Å². The smallest absolute Gasteiger partial charge is 0.427 e. The van der Waals surface area contributed by atoms with Crippen LogP contribution in [0.2, 0.25) is 0 Å². The average molecular weight is 307 g/mol. The zero-order valence-electron chi connectivity index (χ0n) is 12.0. The Kier molecular flexibility index (Phi) is 4.04. The van der Waals surface area contributed by atoms with Crippen LogP contribution in [0, 0.1) is 4.77 Å². The number of nitrogens with zero attached hydrogens (tertiary/aromatic N) is 2. The van der Waals surface area contributed by atoms with Gasteiger partial charge in [-0.05, 0) is 45.1 Å². The van der Waals surface area contributed by atoms with Gasteiger partial charge in [0.25, 0.3) is 0 Å². The first-order valence-electron chi connectivity index (χ1n) is 6.37. The fraction of sp³-hybridized carbons (Fsp3) is 0.286. The van der Waals surface area contributed by atoms with E-state index in [9.17, 15) is 9.90 Å². The first-order chi connectivity index (χ1) is 9.78. The number of carbonyl (C=O) groups excluding carboxylic acids is 1. The molecule has 1 amide bonds. The molecular formula is C14H17N3O3S. The Morgan fingerprint density at radius 1 is 1.29 bits per heavy atom. The molecule has 0 unspecified atom stereocenters. The van der Waals surface area contributed by atoms with Crippen LogP contribution in [0.15, 0.2) is 36.5 Å². The molecule has 0 spiro atoms. The van der Waals surface area contributed by atoms with Gasteiger partial charge in [0.15, 0.2) is 0 Å². The third-order valence-electron chi connectivity index (χ3n) is 2.51. The van der Waals surface area contributed by atoms with Crippen LogP contribution < -0.4 is 5.43 Å². The van der Waals surface area contributed by atoms with Gasteiger partial charge in [-0.15, -0.1) is 0 Å².